The molecule has 2 aliphatic heterocycles. The first-order chi connectivity index (χ1) is 21.8. The van der Waals surface area contributed by atoms with Gasteiger partial charge in [0, 0.05) is 22.5 Å². The van der Waals surface area contributed by atoms with Crippen molar-refractivity contribution >= 4 is 29.1 Å². The number of hydrogen-bond donors (Lipinski definition) is 0. The predicted molar refractivity (Wildman–Crippen MR) is 187 cm³/mol. The minimum Gasteiger partial charge on any atom is -0.376 e. The Hall–Kier alpha value is -5.60. The molecule has 9 rings (SSSR count). The summed E-state index contributed by atoms with van der Waals surface area (Å²) >= 11 is 0. The van der Waals surface area contributed by atoms with E-state index in [1.807, 2.05) is 0 Å². The topological polar surface area (TPSA) is 3.24 Å². The molecular formula is C42H28BN. The van der Waals surface area contributed by atoms with Crippen molar-refractivity contribution in [1.82, 2.24) is 0 Å². The summed E-state index contributed by atoms with van der Waals surface area (Å²) in [5, 5.41) is 0. The van der Waals surface area contributed by atoms with Crippen LogP contribution < -0.4 is 15.7 Å². The molecule has 2 heterocycles. The number of hydrogen-bond acceptors (Lipinski definition) is 1. The Morgan fingerprint density at radius 3 is 1.55 bits per heavy atom. The van der Waals surface area contributed by atoms with E-state index >= 15 is 0 Å². The van der Waals surface area contributed by atoms with Gasteiger partial charge in [0.05, 0.1) is 0 Å². The average molecular weight is 558 g/mol. The molecule has 204 valence electrons. The Morgan fingerprint density at radius 2 is 0.818 bits per heavy atom. The van der Waals surface area contributed by atoms with E-state index in [-0.39, 0.29) is 6.85 Å². The molecule has 0 bridgehead atoms. The second-order valence-electron chi connectivity index (χ2n) is 11.7. The lowest BCUT2D eigenvalue weighted by Crippen LogP contribution is -2.59. The molecular weight excluding hydrogens is 529 g/mol. The number of fused-ring (bicyclic) bond motifs is 11. The summed E-state index contributed by atoms with van der Waals surface area (Å²) in [5.74, 6) is 0. The quantitative estimate of drug-likeness (QED) is 0.196. The van der Waals surface area contributed by atoms with Gasteiger partial charge < -0.3 is 4.81 Å². The van der Waals surface area contributed by atoms with Gasteiger partial charge in [-0.15, -0.1) is 0 Å². The molecule has 0 atom stereocenters. The Morgan fingerprint density at radius 1 is 0.295 bits per heavy atom. The van der Waals surface area contributed by atoms with Gasteiger partial charge in [-0.1, -0.05) is 146 Å². The zero-order valence-electron chi connectivity index (χ0n) is 24.2. The fourth-order valence-electron chi connectivity index (χ4n) is 7.32. The predicted octanol–water partition coefficient (Wildman–Crippen LogP) is 9.59. The summed E-state index contributed by atoms with van der Waals surface area (Å²) in [6, 6.07) is 62.2. The molecule has 0 aliphatic carbocycles. The molecule has 0 saturated carbocycles. The molecule has 0 spiro atoms. The maximum atomic E-state index is 2.57. The van der Waals surface area contributed by atoms with Crippen LogP contribution in [0.3, 0.4) is 0 Å². The van der Waals surface area contributed by atoms with Crippen LogP contribution in [-0.2, 0) is 0 Å². The van der Waals surface area contributed by atoms with Gasteiger partial charge in [-0.2, -0.15) is 0 Å². The molecule has 0 saturated heterocycles. The van der Waals surface area contributed by atoms with Gasteiger partial charge in [0.15, 0.2) is 0 Å². The van der Waals surface area contributed by atoms with Crippen molar-refractivity contribution in [3.8, 4) is 55.6 Å². The maximum Gasteiger partial charge on any atom is 0.329 e. The van der Waals surface area contributed by atoms with Crippen LogP contribution in [0, 0.1) is 0 Å². The van der Waals surface area contributed by atoms with Crippen LogP contribution in [0.5, 0.6) is 0 Å². The van der Waals surface area contributed by atoms with Gasteiger partial charge in [-0.25, -0.2) is 0 Å². The van der Waals surface area contributed by atoms with Crippen LogP contribution in [-0.4, -0.2) is 6.85 Å². The zero-order valence-corrected chi connectivity index (χ0v) is 24.2. The molecule has 2 aliphatic rings. The van der Waals surface area contributed by atoms with Gasteiger partial charge in [0.2, 0.25) is 0 Å². The second kappa shape index (κ2) is 10.0. The molecule has 1 nitrogen and oxygen atoms in total. The third-order valence-corrected chi connectivity index (χ3v) is 9.29. The average Bonchev–Trinajstić information content (AvgIpc) is 3.11. The third kappa shape index (κ3) is 3.81. The summed E-state index contributed by atoms with van der Waals surface area (Å²) in [4.78, 5) is 2.57. The van der Waals surface area contributed by atoms with E-state index < -0.39 is 0 Å². The normalized spacial score (nSPS) is 12.5. The van der Waals surface area contributed by atoms with E-state index in [1.54, 1.807) is 0 Å². The zero-order chi connectivity index (χ0) is 29.0. The van der Waals surface area contributed by atoms with Crippen LogP contribution in [0.1, 0.15) is 0 Å². The summed E-state index contributed by atoms with van der Waals surface area (Å²) < 4.78 is 0. The number of rotatable bonds is 3. The van der Waals surface area contributed by atoms with Crippen molar-refractivity contribution in [2.24, 2.45) is 0 Å². The number of anilines is 2. The molecule has 0 N–H and O–H groups in total. The number of nitrogens with zero attached hydrogens (tertiary/aromatic N) is 1. The first-order valence-electron chi connectivity index (χ1n) is 15.3. The van der Waals surface area contributed by atoms with E-state index in [0.29, 0.717) is 0 Å². The fraction of sp³-hybridized carbons (Fsp3) is 0. The summed E-state index contributed by atoms with van der Waals surface area (Å²) in [7, 11) is 0. The molecule has 0 radical (unpaired) electrons. The van der Waals surface area contributed by atoms with Crippen molar-refractivity contribution in [3.63, 3.8) is 0 Å². The van der Waals surface area contributed by atoms with Gasteiger partial charge >= 0.3 is 6.85 Å². The van der Waals surface area contributed by atoms with Crippen molar-refractivity contribution < 1.29 is 0 Å². The van der Waals surface area contributed by atoms with Crippen molar-refractivity contribution in [1.29, 1.82) is 0 Å². The van der Waals surface area contributed by atoms with Crippen molar-refractivity contribution in [2.75, 3.05) is 4.81 Å². The van der Waals surface area contributed by atoms with Crippen molar-refractivity contribution in [3.05, 3.63) is 170 Å². The molecule has 0 fully saturated rings. The SMILES string of the molecule is c1ccc(-c2ccc(-c3ccc4c(c3)-c3ccccc3B3c5ccccc5-c5ccccc5N34)c(-c3ccccc3)c2)cc1. The highest BCUT2D eigenvalue weighted by atomic mass is 15.1. The first kappa shape index (κ1) is 25.0. The van der Waals surface area contributed by atoms with E-state index in [4.69, 9.17) is 0 Å². The maximum absolute atomic E-state index is 2.57. The van der Waals surface area contributed by atoms with Crippen LogP contribution in [0.4, 0.5) is 11.4 Å². The van der Waals surface area contributed by atoms with Crippen LogP contribution in [0.2, 0.25) is 0 Å². The lowest BCUT2D eigenvalue weighted by Gasteiger charge is -2.43. The Kier molecular flexibility index (Phi) is 5.67. The molecule has 0 amide bonds. The monoisotopic (exact) mass is 557 g/mol. The van der Waals surface area contributed by atoms with Crippen LogP contribution in [0.15, 0.2) is 170 Å². The number of para-hydroxylation sites is 1. The summed E-state index contributed by atoms with van der Waals surface area (Å²) in [5.41, 5.74) is 17.8. The molecule has 7 aromatic carbocycles. The van der Waals surface area contributed by atoms with Gasteiger partial charge in [-0.3, -0.25) is 0 Å². The molecule has 0 aromatic heterocycles. The smallest absolute Gasteiger partial charge is 0.329 e. The fourth-order valence-corrected chi connectivity index (χ4v) is 7.32. The largest absolute Gasteiger partial charge is 0.376 e. The highest BCUT2D eigenvalue weighted by molar-refractivity contribution is 6.92. The van der Waals surface area contributed by atoms with Crippen LogP contribution >= 0.6 is 0 Å². The Labute approximate surface area is 258 Å². The summed E-state index contributed by atoms with van der Waals surface area (Å²) in [6.07, 6.45) is 0. The summed E-state index contributed by atoms with van der Waals surface area (Å²) in [6.45, 7) is 0.126. The van der Waals surface area contributed by atoms with Gasteiger partial charge in [0.1, 0.15) is 0 Å². The molecule has 0 unspecified atom stereocenters. The molecule has 2 heteroatoms. The van der Waals surface area contributed by atoms with E-state index in [9.17, 15) is 0 Å². The number of benzene rings is 7. The third-order valence-electron chi connectivity index (χ3n) is 9.29. The van der Waals surface area contributed by atoms with Gasteiger partial charge in [0.25, 0.3) is 0 Å². The molecule has 44 heavy (non-hydrogen) atoms. The lowest BCUT2D eigenvalue weighted by atomic mass is 9.43. The lowest BCUT2D eigenvalue weighted by molar-refractivity contribution is 1.35. The standard InChI is InChI=1S/C42H28BN/c1-3-13-29(14-4-1)31-23-25-33(37(27-31)30-15-5-2-6-16-30)32-24-26-42-38(28-32)35-18-8-11-21-40(35)43-39-20-10-7-17-34(39)36-19-9-12-22-41(36)44(42)43/h1-28H. The van der Waals surface area contributed by atoms with Crippen molar-refractivity contribution in [2.45, 2.75) is 0 Å². The minimum atomic E-state index is 0.126. The molecule has 7 aromatic rings. The first-order valence-corrected chi connectivity index (χ1v) is 15.3. The van der Waals surface area contributed by atoms with E-state index in [2.05, 4.69) is 175 Å². The highest BCUT2D eigenvalue weighted by Gasteiger charge is 2.41. The minimum absolute atomic E-state index is 0.126. The van der Waals surface area contributed by atoms with Gasteiger partial charge in [-0.05, 0) is 79.7 Å². The second-order valence-corrected chi connectivity index (χ2v) is 11.7. The highest BCUT2D eigenvalue weighted by Crippen LogP contribution is 2.47. The van der Waals surface area contributed by atoms with Crippen LogP contribution in [0.25, 0.3) is 55.6 Å². The van der Waals surface area contributed by atoms with E-state index in [1.165, 1.54) is 77.9 Å². The van der Waals surface area contributed by atoms with E-state index in [0.717, 1.165) is 0 Å². The Balaban J connectivity index is 1.27. The Bertz CT molecular complexity index is 2180.